The van der Waals surface area contributed by atoms with E-state index in [2.05, 4.69) is 37.8 Å². The fraction of sp³-hybridized carbons (Fsp3) is 0.222. The van der Waals surface area contributed by atoms with Gasteiger partial charge in [0, 0.05) is 17.2 Å². The van der Waals surface area contributed by atoms with Crippen molar-refractivity contribution in [2.45, 2.75) is 6.92 Å². The van der Waals surface area contributed by atoms with E-state index >= 15 is 0 Å². The summed E-state index contributed by atoms with van der Waals surface area (Å²) in [6.45, 7) is 5.74. The summed E-state index contributed by atoms with van der Waals surface area (Å²) in [6.07, 6.45) is 1.28. The maximum Gasteiger partial charge on any atom is 0.341 e. The molecule has 0 atom stereocenters. The lowest BCUT2D eigenvalue weighted by Gasteiger charge is -2.07. The maximum atomic E-state index is 10.8. The molecule has 0 saturated heterocycles. The number of carboxylic acids is 1. The van der Waals surface area contributed by atoms with Crippen molar-refractivity contribution in [2.24, 2.45) is 0 Å². The van der Waals surface area contributed by atoms with Crippen LogP contribution >= 0.6 is 15.9 Å². The van der Waals surface area contributed by atoms with Crippen LogP contribution in [0.15, 0.2) is 17.3 Å². The molecule has 6 heteroatoms. The number of aryl methyl sites for hydroxylation is 1. The number of anilines is 1. The molecule has 0 amide bonds. The van der Waals surface area contributed by atoms with E-state index in [4.69, 9.17) is 5.11 Å². The summed E-state index contributed by atoms with van der Waals surface area (Å²) in [7, 11) is 0. The molecule has 0 spiro atoms. The third-order valence-corrected chi connectivity index (χ3v) is 1.87. The first kappa shape index (κ1) is 11.6. The standard InChI is InChI=1S/C9H10BrN3O2/c1-5(10)3-12-8-7(9(14)15)4-11-6(2)13-8/h4H,1,3H2,2H3,(H,14,15)(H,11,12,13). The highest BCUT2D eigenvalue weighted by Gasteiger charge is 2.11. The molecule has 0 fully saturated rings. The summed E-state index contributed by atoms with van der Waals surface area (Å²) < 4.78 is 0.718. The lowest BCUT2D eigenvalue weighted by Crippen LogP contribution is -2.11. The molecule has 0 saturated carbocycles. The van der Waals surface area contributed by atoms with Crippen LogP contribution in [-0.2, 0) is 0 Å². The molecule has 5 nitrogen and oxygen atoms in total. The molecule has 1 heterocycles. The summed E-state index contributed by atoms with van der Waals surface area (Å²) in [6, 6.07) is 0. The Balaban J connectivity index is 2.96. The topological polar surface area (TPSA) is 75.1 Å². The molecule has 0 aliphatic heterocycles. The van der Waals surface area contributed by atoms with Crippen LogP contribution in [0.4, 0.5) is 5.82 Å². The second-order valence-electron chi connectivity index (χ2n) is 2.86. The van der Waals surface area contributed by atoms with Gasteiger partial charge in [-0.2, -0.15) is 0 Å². The van der Waals surface area contributed by atoms with E-state index in [1.54, 1.807) is 6.92 Å². The number of rotatable bonds is 4. The van der Waals surface area contributed by atoms with Crippen LogP contribution < -0.4 is 5.32 Å². The quantitative estimate of drug-likeness (QED) is 0.874. The number of carboxylic acid groups (broad SMARTS) is 1. The Hall–Kier alpha value is -1.43. The Morgan fingerprint density at radius 2 is 2.40 bits per heavy atom. The summed E-state index contributed by atoms with van der Waals surface area (Å²) in [5, 5.41) is 11.7. The molecule has 2 N–H and O–H groups in total. The fourth-order valence-electron chi connectivity index (χ4n) is 0.941. The number of nitrogens with one attached hydrogen (secondary N) is 1. The van der Waals surface area contributed by atoms with Gasteiger partial charge in [-0.25, -0.2) is 14.8 Å². The predicted octanol–water partition coefficient (Wildman–Crippen LogP) is 1.80. The molecule has 15 heavy (non-hydrogen) atoms. The summed E-state index contributed by atoms with van der Waals surface area (Å²) in [4.78, 5) is 18.6. The summed E-state index contributed by atoms with van der Waals surface area (Å²) in [5.41, 5.74) is 0.0503. The van der Waals surface area contributed by atoms with Crippen LogP contribution in [-0.4, -0.2) is 27.6 Å². The van der Waals surface area contributed by atoms with Crippen molar-refractivity contribution in [3.8, 4) is 0 Å². The number of halogens is 1. The first-order chi connectivity index (χ1) is 7.00. The summed E-state index contributed by atoms with van der Waals surface area (Å²) in [5.74, 6) is -0.240. The van der Waals surface area contributed by atoms with E-state index in [9.17, 15) is 4.79 Å². The van der Waals surface area contributed by atoms with Crippen molar-refractivity contribution in [2.75, 3.05) is 11.9 Å². The van der Waals surface area contributed by atoms with E-state index in [1.165, 1.54) is 6.20 Å². The van der Waals surface area contributed by atoms with E-state index in [-0.39, 0.29) is 5.56 Å². The first-order valence-electron chi connectivity index (χ1n) is 4.15. The second-order valence-corrected chi connectivity index (χ2v) is 3.98. The van der Waals surface area contributed by atoms with E-state index < -0.39 is 5.97 Å². The Kier molecular flexibility index (Phi) is 3.79. The number of aromatic nitrogens is 2. The van der Waals surface area contributed by atoms with E-state index in [0.717, 1.165) is 4.48 Å². The minimum Gasteiger partial charge on any atom is -0.477 e. The van der Waals surface area contributed by atoms with Gasteiger partial charge in [0.05, 0.1) is 0 Å². The first-order valence-corrected chi connectivity index (χ1v) is 4.94. The zero-order valence-electron chi connectivity index (χ0n) is 8.12. The molecule has 1 rings (SSSR count). The van der Waals surface area contributed by atoms with Crippen molar-refractivity contribution in [1.82, 2.24) is 9.97 Å². The molecule has 1 aromatic heterocycles. The van der Waals surface area contributed by atoms with Crippen molar-refractivity contribution >= 4 is 27.7 Å². The highest BCUT2D eigenvalue weighted by Crippen LogP contribution is 2.12. The van der Waals surface area contributed by atoms with Gasteiger partial charge in [-0.15, -0.1) is 0 Å². The van der Waals surface area contributed by atoms with Crippen LogP contribution in [0.1, 0.15) is 16.2 Å². The molecule has 0 bridgehead atoms. The van der Waals surface area contributed by atoms with Gasteiger partial charge in [0.15, 0.2) is 0 Å². The van der Waals surface area contributed by atoms with Gasteiger partial charge < -0.3 is 10.4 Å². The Labute approximate surface area is 95.4 Å². The Bertz CT molecular complexity index is 406. The molecule has 0 radical (unpaired) electrons. The highest BCUT2D eigenvalue weighted by molar-refractivity contribution is 9.11. The Morgan fingerprint density at radius 3 is 2.93 bits per heavy atom. The van der Waals surface area contributed by atoms with Crippen molar-refractivity contribution in [3.63, 3.8) is 0 Å². The predicted molar refractivity (Wildman–Crippen MR) is 60.3 cm³/mol. The van der Waals surface area contributed by atoms with Crippen molar-refractivity contribution < 1.29 is 9.90 Å². The molecule has 0 unspecified atom stereocenters. The number of nitrogens with zero attached hydrogens (tertiary/aromatic N) is 2. The van der Waals surface area contributed by atoms with Gasteiger partial charge in [0.1, 0.15) is 17.2 Å². The van der Waals surface area contributed by atoms with E-state index in [1.807, 2.05) is 0 Å². The van der Waals surface area contributed by atoms with Gasteiger partial charge in [0.25, 0.3) is 0 Å². The second kappa shape index (κ2) is 4.88. The van der Waals surface area contributed by atoms with E-state index in [0.29, 0.717) is 18.2 Å². The summed E-state index contributed by atoms with van der Waals surface area (Å²) >= 11 is 3.16. The van der Waals surface area contributed by atoms with Gasteiger partial charge >= 0.3 is 5.97 Å². The number of carbonyl (C=O) groups is 1. The minimum absolute atomic E-state index is 0.0503. The van der Waals surface area contributed by atoms with Crippen LogP contribution in [0.5, 0.6) is 0 Å². The van der Waals surface area contributed by atoms with Gasteiger partial charge in [-0.1, -0.05) is 22.5 Å². The molecular weight excluding hydrogens is 262 g/mol. The van der Waals surface area contributed by atoms with Gasteiger partial charge in [-0.05, 0) is 6.92 Å². The van der Waals surface area contributed by atoms with Crippen molar-refractivity contribution in [3.05, 3.63) is 28.6 Å². The number of hydrogen-bond donors (Lipinski definition) is 2. The zero-order chi connectivity index (χ0) is 11.4. The maximum absolute atomic E-state index is 10.8. The molecular formula is C9H10BrN3O2. The van der Waals surface area contributed by atoms with Crippen molar-refractivity contribution in [1.29, 1.82) is 0 Å². The van der Waals surface area contributed by atoms with Crippen LogP contribution in [0, 0.1) is 6.92 Å². The van der Waals surface area contributed by atoms with Crippen LogP contribution in [0.2, 0.25) is 0 Å². The van der Waals surface area contributed by atoms with Gasteiger partial charge in [-0.3, -0.25) is 0 Å². The largest absolute Gasteiger partial charge is 0.477 e. The molecule has 0 aliphatic carbocycles. The average Bonchev–Trinajstić information content (AvgIpc) is 2.14. The van der Waals surface area contributed by atoms with Crippen LogP contribution in [0.25, 0.3) is 0 Å². The molecule has 0 aliphatic rings. The highest BCUT2D eigenvalue weighted by atomic mass is 79.9. The molecule has 0 aromatic carbocycles. The number of hydrogen-bond acceptors (Lipinski definition) is 4. The zero-order valence-corrected chi connectivity index (χ0v) is 9.71. The third kappa shape index (κ3) is 3.32. The smallest absolute Gasteiger partial charge is 0.341 e. The fourth-order valence-corrected chi connectivity index (χ4v) is 1.08. The third-order valence-electron chi connectivity index (χ3n) is 1.59. The normalized spacial score (nSPS) is 9.73. The Morgan fingerprint density at radius 1 is 1.73 bits per heavy atom. The minimum atomic E-state index is -1.06. The lowest BCUT2D eigenvalue weighted by atomic mass is 10.3. The average molecular weight is 272 g/mol. The molecule has 1 aromatic rings. The lowest BCUT2D eigenvalue weighted by molar-refractivity contribution is 0.0697. The van der Waals surface area contributed by atoms with Gasteiger partial charge in [0.2, 0.25) is 0 Å². The molecule has 80 valence electrons. The monoisotopic (exact) mass is 271 g/mol. The number of aromatic carboxylic acids is 1. The SMILES string of the molecule is C=C(Br)CNc1nc(C)ncc1C(=O)O. The van der Waals surface area contributed by atoms with Crippen LogP contribution in [0.3, 0.4) is 0 Å².